The van der Waals surface area contributed by atoms with E-state index in [1.165, 1.54) is 6.08 Å². The van der Waals surface area contributed by atoms with Crippen LogP contribution in [0.2, 0.25) is 10.0 Å². The molecule has 0 unspecified atom stereocenters. The lowest BCUT2D eigenvalue weighted by Crippen LogP contribution is -1.85. The van der Waals surface area contributed by atoms with Crippen LogP contribution < -0.4 is 0 Å². The zero-order valence-corrected chi connectivity index (χ0v) is 9.62. The largest absolute Gasteiger partial charge is 0.276 e. The van der Waals surface area contributed by atoms with Crippen molar-refractivity contribution < 1.29 is 4.79 Å². The Kier molecular flexibility index (Phi) is 3.99. The molecule has 0 N–H and O–H groups in total. The van der Waals surface area contributed by atoms with E-state index >= 15 is 0 Å². The van der Waals surface area contributed by atoms with Gasteiger partial charge >= 0.3 is 0 Å². The molecule has 1 aromatic carbocycles. The van der Waals surface area contributed by atoms with E-state index in [2.05, 4.69) is 0 Å². The molecule has 1 nitrogen and oxygen atoms in total. The summed E-state index contributed by atoms with van der Waals surface area (Å²) in [5.74, 6) is 0. The molecule has 0 fully saturated rings. The molecule has 0 spiro atoms. The maximum atomic E-state index is 10.6. The SMILES string of the molecule is CC(=CC(=O)Cl)c1ccc(Cl)cc1Cl. The van der Waals surface area contributed by atoms with Crippen LogP contribution in [-0.2, 0) is 4.79 Å². The van der Waals surface area contributed by atoms with Gasteiger partial charge < -0.3 is 0 Å². The molecular weight excluding hydrogens is 242 g/mol. The molecule has 1 aromatic rings. The predicted molar refractivity (Wildman–Crippen MR) is 61.0 cm³/mol. The average molecular weight is 250 g/mol. The summed E-state index contributed by atoms with van der Waals surface area (Å²) in [5, 5.41) is 0.543. The maximum absolute atomic E-state index is 10.6. The van der Waals surface area contributed by atoms with Crippen molar-refractivity contribution in [3.8, 4) is 0 Å². The fraction of sp³-hybridized carbons (Fsp3) is 0.100. The number of benzene rings is 1. The number of carbonyl (C=O) groups is 1. The second-order valence-electron chi connectivity index (χ2n) is 2.76. The van der Waals surface area contributed by atoms with Crippen LogP contribution in [0.5, 0.6) is 0 Å². The lowest BCUT2D eigenvalue weighted by molar-refractivity contribution is -0.107. The van der Waals surface area contributed by atoms with Crippen molar-refractivity contribution in [3.05, 3.63) is 39.9 Å². The van der Waals surface area contributed by atoms with Crippen molar-refractivity contribution in [2.45, 2.75) is 6.92 Å². The van der Waals surface area contributed by atoms with E-state index < -0.39 is 5.24 Å². The highest BCUT2D eigenvalue weighted by Crippen LogP contribution is 2.26. The molecule has 1 rings (SSSR count). The van der Waals surface area contributed by atoms with Crippen LogP contribution in [0.1, 0.15) is 12.5 Å². The molecule has 4 heteroatoms. The zero-order chi connectivity index (χ0) is 10.7. The first kappa shape index (κ1) is 11.6. The fourth-order valence-corrected chi connectivity index (χ4v) is 1.78. The fourth-order valence-electron chi connectivity index (χ4n) is 1.06. The Morgan fingerprint density at radius 2 is 2.00 bits per heavy atom. The van der Waals surface area contributed by atoms with Gasteiger partial charge in [-0.3, -0.25) is 4.79 Å². The lowest BCUT2D eigenvalue weighted by atomic mass is 10.1. The second kappa shape index (κ2) is 4.83. The van der Waals surface area contributed by atoms with Crippen molar-refractivity contribution in [3.63, 3.8) is 0 Å². The van der Waals surface area contributed by atoms with Crippen LogP contribution in [0, 0.1) is 0 Å². The molecule has 14 heavy (non-hydrogen) atoms. The molecule has 0 aromatic heterocycles. The van der Waals surface area contributed by atoms with Crippen molar-refractivity contribution in [1.82, 2.24) is 0 Å². The summed E-state index contributed by atoms with van der Waals surface area (Å²) in [4.78, 5) is 10.6. The molecular formula is C10H7Cl3O. The first-order valence-electron chi connectivity index (χ1n) is 3.84. The molecule has 0 bridgehead atoms. The smallest absolute Gasteiger partial charge is 0.245 e. The Hall–Kier alpha value is -0.500. The monoisotopic (exact) mass is 248 g/mol. The average Bonchev–Trinajstić information content (AvgIpc) is 2.01. The van der Waals surface area contributed by atoms with Gasteiger partial charge in [-0.05, 0) is 41.8 Å². The van der Waals surface area contributed by atoms with E-state index in [9.17, 15) is 4.79 Å². The third-order valence-electron chi connectivity index (χ3n) is 1.69. The molecule has 0 saturated carbocycles. The maximum Gasteiger partial charge on any atom is 0.245 e. The van der Waals surface area contributed by atoms with E-state index in [0.29, 0.717) is 15.6 Å². The number of hydrogen-bond donors (Lipinski definition) is 0. The standard InChI is InChI=1S/C10H7Cl3O/c1-6(4-10(13)14)8-3-2-7(11)5-9(8)12/h2-5H,1H3. The van der Waals surface area contributed by atoms with Crippen LogP contribution in [0.25, 0.3) is 5.57 Å². The molecule has 0 amide bonds. The molecule has 0 aliphatic heterocycles. The third-order valence-corrected chi connectivity index (χ3v) is 2.34. The first-order chi connectivity index (χ1) is 6.50. The van der Waals surface area contributed by atoms with E-state index in [1.54, 1.807) is 25.1 Å². The van der Waals surface area contributed by atoms with Gasteiger partial charge in [0.15, 0.2) is 0 Å². The summed E-state index contributed by atoms with van der Waals surface area (Å²) in [5.41, 5.74) is 1.47. The summed E-state index contributed by atoms with van der Waals surface area (Å²) < 4.78 is 0. The van der Waals surface area contributed by atoms with Crippen LogP contribution in [-0.4, -0.2) is 5.24 Å². The Bertz CT molecular complexity index is 396. The van der Waals surface area contributed by atoms with E-state index in [1.807, 2.05) is 0 Å². The first-order valence-corrected chi connectivity index (χ1v) is 4.97. The van der Waals surface area contributed by atoms with Crippen molar-refractivity contribution >= 4 is 45.6 Å². The van der Waals surface area contributed by atoms with Gasteiger partial charge in [-0.25, -0.2) is 0 Å². The Balaban J connectivity index is 3.14. The topological polar surface area (TPSA) is 17.1 Å². The highest BCUT2D eigenvalue weighted by atomic mass is 35.5. The number of carbonyl (C=O) groups excluding carboxylic acids is 1. The van der Waals surface area contributed by atoms with Gasteiger partial charge in [0, 0.05) is 16.1 Å². The lowest BCUT2D eigenvalue weighted by Gasteiger charge is -2.03. The Morgan fingerprint density at radius 3 is 2.50 bits per heavy atom. The summed E-state index contributed by atoms with van der Waals surface area (Å²) in [6, 6.07) is 5.07. The molecule has 0 aliphatic rings. The number of hydrogen-bond acceptors (Lipinski definition) is 1. The summed E-state index contributed by atoms with van der Waals surface area (Å²) in [7, 11) is 0. The predicted octanol–water partition coefficient (Wildman–Crippen LogP) is 4.16. The number of halogens is 3. The highest BCUT2D eigenvalue weighted by Gasteiger charge is 2.04. The van der Waals surface area contributed by atoms with Gasteiger partial charge in [-0.2, -0.15) is 0 Å². The number of rotatable bonds is 2. The van der Waals surface area contributed by atoms with Crippen LogP contribution in [0.4, 0.5) is 0 Å². The van der Waals surface area contributed by atoms with Crippen LogP contribution >= 0.6 is 34.8 Å². The number of allylic oxidation sites excluding steroid dienone is 2. The quantitative estimate of drug-likeness (QED) is 0.568. The van der Waals surface area contributed by atoms with E-state index in [4.69, 9.17) is 34.8 Å². The van der Waals surface area contributed by atoms with Crippen molar-refractivity contribution in [2.75, 3.05) is 0 Å². The van der Waals surface area contributed by atoms with Crippen molar-refractivity contribution in [2.24, 2.45) is 0 Å². The van der Waals surface area contributed by atoms with Crippen LogP contribution in [0.15, 0.2) is 24.3 Å². The van der Waals surface area contributed by atoms with Gasteiger partial charge in [-0.1, -0.05) is 29.3 Å². The van der Waals surface area contributed by atoms with E-state index in [0.717, 1.165) is 5.56 Å². The summed E-state index contributed by atoms with van der Waals surface area (Å²) >= 11 is 16.9. The van der Waals surface area contributed by atoms with Gasteiger partial charge in [0.05, 0.1) is 0 Å². The van der Waals surface area contributed by atoms with Gasteiger partial charge in [0.2, 0.25) is 5.24 Å². The highest BCUT2D eigenvalue weighted by molar-refractivity contribution is 6.67. The summed E-state index contributed by atoms with van der Waals surface area (Å²) in [6.07, 6.45) is 1.32. The molecule has 0 aliphatic carbocycles. The van der Waals surface area contributed by atoms with E-state index in [-0.39, 0.29) is 0 Å². The van der Waals surface area contributed by atoms with Gasteiger partial charge in [-0.15, -0.1) is 0 Å². The Morgan fingerprint density at radius 1 is 1.36 bits per heavy atom. The molecule has 0 radical (unpaired) electrons. The third kappa shape index (κ3) is 3.02. The van der Waals surface area contributed by atoms with Gasteiger partial charge in [0.25, 0.3) is 0 Å². The molecule has 0 heterocycles. The minimum atomic E-state index is -0.520. The molecule has 0 atom stereocenters. The molecule has 74 valence electrons. The molecule has 0 saturated heterocycles. The summed E-state index contributed by atoms with van der Waals surface area (Å²) in [6.45, 7) is 1.76. The minimum Gasteiger partial charge on any atom is -0.276 e. The zero-order valence-electron chi connectivity index (χ0n) is 7.35. The minimum absolute atomic E-state index is 0.504. The van der Waals surface area contributed by atoms with Crippen LogP contribution in [0.3, 0.4) is 0 Å². The Labute approximate surface area is 97.3 Å². The van der Waals surface area contributed by atoms with Gasteiger partial charge in [0.1, 0.15) is 0 Å². The normalized spacial score (nSPS) is 11.6. The van der Waals surface area contributed by atoms with Crippen molar-refractivity contribution in [1.29, 1.82) is 0 Å². The second-order valence-corrected chi connectivity index (χ2v) is 3.97.